The molecule has 3 heteroatoms. The van der Waals surface area contributed by atoms with Crippen molar-refractivity contribution in [2.45, 2.75) is 30.4 Å². The molecule has 0 unspecified atom stereocenters. The summed E-state index contributed by atoms with van der Waals surface area (Å²) in [6, 6.07) is 10.5. The molecule has 19 heavy (non-hydrogen) atoms. The number of rotatable bonds is 4. The topological polar surface area (TPSA) is 24.9 Å². The minimum Gasteiger partial charge on any atom is -0.368 e. The molecule has 1 N–H and O–H groups in total. The Kier molecular flexibility index (Phi) is 3.65. The Labute approximate surface area is 119 Å². The highest BCUT2D eigenvalue weighted by molar-refractivity contribution is 8.00. The first-order valence-corrected chi connectivity index (χ1v) is 8.18. The SMILES string of the molecule is CSC1(CNc2nccc3ccccc23)CCCC1. The van der Waals surface area contributed by atoms with Crippen LogP contribution in [0, 0.1) is 0 Å². The van der Waals surface area contributed by atoms with Crippen LogP contribution in [0.2, 0.25) is 0 Å². The number of nitrogens with one attached hydrogen (secondary N) is 1. The highest BCUT2D eigenvalue weighted by atomic mass is 32.2. The molecule has 0 spiro atoms. The van der Waals surface area contributed by atoms with Gasteiger partial charge in [-0.3, -0.25) is 0 Å². The number of pyridine rings is 1. The summed E-state index contributed by atoms with van der Waals surface area (Å²) in [6.45, 7) is 1.02. The van der Waals surface area contributed by atoms with Crippen molar-refractivity contribution in [1.29, 1.82) is 0 Å². The Morgan fingerprint density at radius 1 is 1.21 bits per heavy atom. The van der Waals surface area contributed by atoms with Crippen molar-refractivity contribution in [3.8, 4) is 0 Å². The summed E-state index contributed by atoms with van der Waals surface area (Å²) >= 11 is 2.01. The number of thioether (sulfide) groups is 1. The molecule has 0 atom stereocenters. The van der Waals surface area contributed by atoms with Crippen LogP contribution in [-0.4, -0.2) is 22.5 Å². The molecule has 0 radical (unpaired) electrons. The molecular formula is C16H20N2S. The van der Waals surface area contributed by atoms with Crippen molar-refractivity contribution in [2.75, 3.05) is 18.1 Å². The van der Waals surface area contributed by atoms with Gasteiger partial charge in [0, 0.05) is 22.9 Å². The molecular weight excluding hydrogens is 252 g/mol. The van der Waals surface area contributed by atoms with Crippen molar-refractivity contribution >= 4 is 28.4 Å². The van der Waals surface area contributed by atoms with Crippen LogP contribution in [0.5, 0.6) is 0 Å². The zero-order valence-corrected chi connectivity index (χ0v) is 12.2. The van der Waals surface area contributed by atoms with Crippen LogP contribution in [-0.2, 0) is 0 Å². The first-order chi connectivity index (χ1) is 9.33. The number of fused-ring (bicyclic) bond motifs is 1. The lowest BCUT2D eigenvalue weighted by molar-refractivity contribution is 0.639. The number of hydrogen-bond acceptors (Lipinski definition) is 3. The number of anilines is 1. The maximum Gasteiger partial charge on any atom is 0.133 e. The minimum absolute atomic E-state index is 0.415. The predicted molar refractivity (Wildman–Crippen MR) is 84.9 cm³/mol. The molecule has 1 aliphatic carbocycles. The lowest BCUT2D eigenvalue weighted by atomic mass is 10.1. The molecule has 1 fully saturated rings. The molecule has 100 valence electrons. The van der Waals surface area contributed by atoms with E-state index in [-0.39, 0.29) is 0 Å². The molecule has 2 nitrogen and oxygen atoms in total. The Balaban J connectivity index is 1.82. The van der Waals surface area contributed by atoms with Crippen LogP contribution in [0.15, 0.2) is 36.5 Å². The Bertz CT molecular complexity index is 556. The van der Waals surface area contributed by atoms with Crippen LogP contribution < -0.4 is 5.32 Å². The molecule has 3 rings (SSSR count). The van der Waals surface area contributed by atoms with E-state index in [4.69, 9.17) is 0 Å². The lowest BCUT2D eigenvalue weighted by Gasteiger charge is -2.27. The fourth-order valence-corrected chi connectivity index (χ4v) is 3.89. The monoisotopic (exact) mass is 272 g/mol. The second-order valence-corrected chi connectivity index (χ2v) is 6.60. The van der Waals surface area contributed by atoms with Crippen LogP contribution in [0.1, 0.15) is 25.7 Å². The number of nitrogens with zero attached hydrogens (tertiary/aromatic N) is 1. The van der Waals surface area contributed by atoms with Gasteiger partial charge in [0.15, 0.2) is 0 Å². The second kappa shape index (κ2) is 5.41. The molecule has 0 aliphatic heterocycles. The molecule has 1 aromatic carbocycles. The van der Waals surface area contributed by atoms with Gasteiger partial charge in [-0.25, -0.2) is 4.98 Å². The molecule has 1 saturated carbocycles. The van der Waals surface area contributed by atoms with Gasteiger partial charge in [0.2, 0.25) is 0 Å². The van der Waals surface area contributed by atoms with Crippen LogP contribution in [0.4, 0.5) is 5.82 Å². The third-order valence-electron chi connectivity index (χ3n) is 4.20. The number of aromatic nitrogens is 1. The van der Waals surface area contributed by atoms with Crippen LogP contribution in [0.25, 0.3) is 10.8 Å². The normalized spacial score (nSPS) is 17.7. The van der Waals surface area contributed by atoms with Crippen LogP contribution in [0.3, 0.4) is 0 Å². The third-order valence-corrected chi connectivity index (χ3v) is 5.62. The predicted octanol–water partition coefficient (Wildman–Crippen LogP) is 4.32. The lowest BCUT2D eigenvalue weighted by Crippen LogP contribution is -2.30. The largest absolute Gasteiger partial charge is 0.368 e. The molecule has 1 heterocycles. The van der Waals surface area contributed by atoms with Gasteiger partial charge < -0.3 is 5.32 Å². The third kappa shape index (κ3) is 2.57. The summed E-state index contributed by atoms with van der Waals surface area (Å²) in [5, 5.41) is 6.07. The zero-order chi connectivity index (χ0) is 13.1. The number of hydrogen-bond donors (Lipinski definition) is 1. The van der Waals surface area contributed by atoms with Gasteiger partial charge in [-0.05, 0) is 30.6 Å². The molecule has 1 aromatic heterocycles. The zero-order valence-electron chi connectivity index (χ0n) is 11.4. The van der Waals surface area contributed by atoms with Crippen molar-refractivity contribution in [2.24, 2.45) is 0 Å². The Hall–Kier alpha value is -1.22. The molecule has 0 saturated heterocycles. The van der Waals surface area contributed by atoms with E-state index in [1.54, 1.807) is 0 Å². The van der Waals surface area contributed by atoms with Gasteiger partial charge in [0.05, 0.1) is 0 Å². The first kappa shape index (κ1) is 12.8. The van der Waals surface area contributed by atoms with Gasteiger partial charge in [0.1, 0.15) is 5.82 Å². The molecule has 1 aliphatic rings. The quantitative estimate of drug-likeness (QED) is 0.897. The van der Waals surface area contributed by atoms with E-state index in [0.717, 1.165) is 12.4 Å². The van der Waals surface area contributed by atoms with E-state index >= 15 is 0 Å². The van der Waals surface area contributed by atoms with E-state index in [1.807, 2.05) is 18.0 Å². The molecule has 0 bridgehead atoms. The summed E-state index contributed by atoms with van der Waals surface area (Å²) < 4.78 is 0.415. The maximum absolute atomic E-state index is 4.51. The van der Waals surface area contributed by atoms with Gasteiger partial charge in [-0.1, -0.05) is 37.1 Å². The highest BCUT2D eigenvalue weighted by Gasteiger charge is 2.32. The summed E-state index contributed by atoms with van der Waals surface area (Å²) in [6.07, 6.45) is 9.52. The summed E-state index contributed by atoms with van der Waals surface area (Å²) in [4.78, 5) is 4.51. The standard InChI is InChI=1S/C16H20N2S/c1-19-16(9-4-5-10-16)12-18-15-14-7-3-2-6-13(14)8-11-17-15/h2-3,6-8,11H,4-5,9-10,12H2,1H3,(H,17,18). The summed E-state index contributed by atoms with van der Waals surface area (Å²) in [7, 11) is 0. The average molecular weight is 272 g/mol. The van der Waals surface area contributed by atoms with Gasteiger partial charge in [-0.15, -0.1) is 0 Å². The maximum atomic E-state index is 4.51. The van der Waals surface area contributed by atoms with Crippen molar-refractivity contribution in [1.82, 2.24) is 4.98 Å². The van der Waals surface area contributed by atoms with E-state index < -0.39 is 0 Å². The smallest absolute Gasteiger partial charge is 0.133 e. The molecule has 0 amide bonds. The van der Waals surface area contributed by atoms with Crippen molar-refractivity contribution in [3.05, 3.63) is 36.5 Å². The van der Waals surface area contributed by atoms with Crippen molar-refractivity contribution in [3.63, 3.8) is 0 Å². The number of benzene rings is 1. The van der Waals surface area contributed by atoms with Crippen LogP contribution >= 0.6 is 11.8 Å². The van der Waals surface area contributed by atoms with Gasteiger partial charge in [-0.2, -0.15) is 11.8 Å². The van der Waals surface area contributed by atoms with Gasteiger partial charge >= 0.3 is 0 Å². The fraction of sp³-hybridized carbons (Fsp3) is 0.438. The fourth-order valence-electron chi connectivity index (χ4n) is 2.98. The summed E-state index contributed by atoms with van der Waals surface area (Å²) in [5.74, 6) is 1.03. The Morgan fingerprint density at radius 2 is 2.00 bits per heavy atom. The van der Waals surface area contributed by atoms with E-state index in [1.165, 1.54) is 36.5 Å². The first-order valence-electron chi connectivity index (χ1n) is 6.96. The molecule has 2 aromatic rings. The van der Waals surface area contributed by atoms with E-state index in [9.17, 15) is 0 Å². The highest BCUT2D eigenvalue weighted by Crippen LogP contribution is 2.40. The van der Waals surface area contributed by atoms with E-state index in [0.29, 0.717) is 4.75 Å². The average Bonchev–Trinajstić information content (AvgIpc) is 2.94. The van der Waals surface area contributed by atoms with Gasteiger partial charge in [0.25, 0.3) is 0 Å². The Morgan fingerprint density at radius 3 is 2.79 bits per heavy atom. The minimum atomic E-state index is 0.415. The summed E-state index contributed by atoms with van der Waals surface area (Å²) in [5.41, 5.74) is 0. The van der Waals surface area contributed by atoms with E-state index in [2.05, 4.69) is 46.9 Å². The second-order valence-electron chi connectivity index (χ2n) is 5.33. The van der Waals surface area contributed by atoms with Crippen molar-refractivity contribution < 1.29 is 0 Å².